The van der Waals surface area contributed by atoms with E-state index in [0.717, 1.165) is 12.2 Å². The second-order valence-corrected chi connectivity index (χ2v) is 5.49. The van der Waals surface area contributed by atoms with Gasteiger partial charge in [0.05, 0.1) is 7.11 Å². The van der Waals surface area contributed by atoms with Gasteiger partial charge in [0.15, 0.2) is 12.4 Å². The summed E-state index contributed by atoms with van der Waals surface area (Å²) in [5.41, 5.74) is 4.91. The lowest BCUT2D eigenvalue weighted by Crippen LogP contribution is -2.44. The highest BCUT2D eigenvalue weighted by molar-refractivity contribution is 5.94. The van der Waals surface area contributed by atoms with Gasteiger partial charge in [-0.2, -0.15) is 0 Å². The summed E-state index contributed by atoms with van der Waals surface area (Å²) in [5, 5.41) is 2.32. The van der Waals surface area contributed by atoms with Crippen molar-refractivity contribution in [3.63, 3.8) is 0 Å². The summed E-state index contributed by atoms with van der Waals surface area (Å²) in [6, 6.07) is -1.11. The van der Waals surface area contributed by atoms with Crippen LogP contribution in [0.15, 0.2) is 12.2 Å². The number of hydrogen-bond acceptors (Lipinski definition) is 7. The number of carbonyl (C=O) groups is 4. The minimum Gasteiger partial charge on any atom is -0.466 e. The molecule has 0 heterocycles. The van der Waals surface area contributed by atoms with E-state index < -0.39 is 29.3 Å². The van der Waals surface area contributed by atoms with Crippen molar-refractivity contribution in [1.29, 1.82) is 0 Å². The number of hydrogen-bond donors (Lipinski definition) is 2. The van der Waals surface area contributed by atoms with E-state index in [1.165, 1.54) is 7.11 Å². The van der Waals surface area contributed by atoms with Gasteiger partial charge in [-0.25, -0.2) is 4.79 Å². The fourth-order valence-corrected chi connectivity index (χ4v) is 1.02. The summed E-state index contributed by atoms with van der Waals surface area (Å²) in [5.74, 6) is -2.33. The summed E-state index contributed by atoms with van der Waals surface area (Å²) >= 11 is 0. The maximum Gasteiger partial charge on any atom is 0.330 e. The number of esters is 2. The Kier molecular flexibility index (Phi) is 10.9. The molecule has 0 aliphatic heterocycles. The van der Waals surface area contributed by atoms with E-state index in [1.54, 1.807) is 20.8 Å². The third-order valence-electron chi connectivity index (χ3n) is 2.55. The lowest BCUT2D eigenvalue weighted by atomic mass is 9.91. The highest BCUT2D eigenvalue weighted by Crippen LogP contribution is 2.14. The molecule has 8 nitrogen and oxygen atoms in total. The van der Waals surface area contributed by atoms with Crippen molar-refractivity contribution in [3.8, 4) is 0 Å². The number of halogens is 1. The van der Waals surface area contributed by atoms with Gasteiger partial charge < -0.3 is 20.5 Å². The number of methoxy groups -OCH3 is 1. The molecule has 0 bridgehead atoms. The third kappa shape index (κ3) is 10.4. The van der Waals surface area contributed by atoms with E-state index in [-0.39, 0.29) is 31.3 Å². The quantitative estimate of drug-likeness (QED) is 0.478. The van der Waals surface area contributed by atoms with Crippen molar-refractivity contribution in [2.75, 3.05) is 20.3 Å². The Balaban J connectivity index is 0. The Morgan fingerprint density at radius 2 is 1.74 bits per heavy atom. The molecular weight excluding hydrogens is 328 g/mol. The van der Waals surface area contributed by atoms with E-state index in [0.29, 0.717) is 0 Å². The lowest BCUT2D eigenvalue weighted by molar-refractivity contribution is -0.151. The zero-order valence-electron chi connectivity index (χ0n) is 13.6. The summed E-state index contributed by atoms with van der Waals surface area (Å²) in [4.78, 5) is 45.2. The van der Waals surface area contributed by atoms with Gasteiger partial charge in [0, 0.05) is 24.1 Å². The van der Waals surface area contributed by atoms with Crippen molar-refractivity contribution < 1.29 is 28.7 Å². The highest BCUT2D eigenvalue weighted by atomic mass is 35.5. The number of Topliss-reactive ketones (excluding diaryl/α,β-unsaturated/α-hetero) is 1. The van der Waals surface area contributed by atoms with Crippen LogP contribution in [0.25, 0.3) is 0 Å². The minimum absolute atomic E-state index is 0. The molecule has 23 heavy (non-hydrogen) atoms. The Morgan fingerprint density at radius 3 is 2.22 bits per heavy atom. The third-order valence-corrected chi connectivity index (χ3v) is 2.55. The second kappa shape index (κ2) is 10.7. The Hall–Kier alpha value is -1.93. The van der Waals surface area contributed by atoms with E-state index >= 15 is 0 Å². The Morgan fingerprint density at radius 1 is 1.17 bits per heavy atom. The summed E-state index contributed by atoms with van der Waals surface area (Å²) in [6.07, 6.45) is 1.88. The average molecular weight is 351 g/mol. The standard InChI is InChI=1S/C14H22N2O6.ClH/c1-14(2,3)10(17)8-22-13(20)9(15)7-16-11(18)5-6-12(19)21-4;/h5-6,9H,7-8,15H2,1-4H3,(H,16,18);1H/b6-5+;/t9-;/m0./s1. The monoisotopic (exact) mass is 350 g/mol. The van der Waals surface area contributed by atoms with Crippen LogP contribution in [0, 0.1) is 5.41 Å². The largest absolute Gasteiger partial charge is 0.466 e. The van der Waals surface area contributed by atoms with Crippen molar-refractivity contribution in [3.05, 3.63) is 12.2 Å². The second-order valence-electron chi connectivity index (χ2n) is 5.49. The number of rotatable bonds is 7. The number of carbonyl (C=O) groups excluding carboxylic acids is 4. The predicted molar refractivity (Wildman–Crippen MR) is 84.8 cm³/mol. The summed E-state index contributed by atoms with van der Waals surface area (Å²) < 4.78 is 9.09. The van der Waals surface area contributed by atoms with Gasteiger partial charge in [-0.1, -0.05) is 20.8 Å². The van der Waals surface area contributed by atoms with Crippen molar-refractivity contribution in [2.45, 2.75) is 26.8 Å². The molecule has 0 spiro atoms. The molecule has 0 unspecified atom stereocenters. The number of nitrogens with two attached hydrogens (primary N) is 1. The molecule has 1 atom stereocenters. The number of ketones is 1. The first kappa shape index (κ1) is 23.3. The predicted octanol–water partition coefficient (Wildman–Crippen LogP) is -0.261. The molecule has 0 aliphatic rings. The highest BCUT2D eigenvalue weighted by Gasteiger charge is 2.24. The minimum atomic E-state index is -1.11. The van der Waals surface area contributed by atoms with Gasteiger partial charge in [0.1, 0.15) is 6.04 Å². The smallest absolute Gasteiger partial charge is 0.330 e. The first-order chi connectivity index (χ1) is 10.1. The van der Waals surface area contributed by atoms with Crippen LogP contribution in [0.4, 0.5) is 0 Å². The molecule has 0 radical (unpaired) electrons. The molecule has 1 amide bonds. The van der Waals surface area contributed by atoms with E-state index in [4.69, 9.17) is 10.5 Å². The molecule has 132 valence electrons. The summed E-state index contributed by atoms with van der Waals surface area (Å²) in [7, 11) is 1.18. The molecule has 0 rings (SSSR count). The molecular formula is C14H23ClN2O6. The van der Waals surface area contributed by atoms with Crippen LogP contribution in [0.2, 0.25) is 0 Å². The number of amides is 1. The van der Waals surface area contributed by atoms with Gasteiger partial charge in [-0.3, -0.25) is 14.4 Å². The fourth-order valence-electron chi connectivity index (χ4n) is 1.02. The van der Waals surface area contributed by atoms with Crippen LogP contribution in [-0.2, 0) is 28.7 Å². The molecule has 0 aliphatic carbocycles. The van der Waals surface area contributed by atoms with E-state index in [2.05, 4.69) is 10.1 Å². The van der Waals surface area contributed by atoms with Gasteiger partial charge in [0.25, 0.3) is 0 Å². The number of ether oxygens (including phenoxy) is 2. The van der Waals surface area contributed by atoms with Crippen molar-refractivity contribution in [2.24, 2.45) is 11.1 Å². The van der Waals surface area contributed by atoms with Crippen LogP contribution >= 0.6 is 12.4 Å². The van der Waals surface area contributed by atoms with Crippen LogP contribution in [0.3, 0.4) is 0 Å². The molecule has 0 fully saturated rings. The van der Waals surface area contributed by atoms with Gasteiger partial charge >= 0.3 is 11.9 Å². The van der Waals surface area contributed by atoms with Crippen LogP contribution in [0.5, 0.6) is 0 Å². The van der Waals surface area contributed by atoms with Crippen molar-refractivity contribution in [1.82, 2.24) is 5.32 Å². The normalized spacial score (nSPS) is 12.0. The number of nitrogens with one attached hydrogen (secondary N) is 1. The van der Waals surface area contributed by atoms with E-state index in [1.807, 2.05) is 0 Å². The molecule has 3 N–H and O–H groups in total. The molecule has 0 aromatic rings. The lowest BCUT2D eigenvalue weighted by Gasteiger charge is -2.17. The fraction of sp³-hybridized carbons (Fsp3) is 0.571. The maximum atomic E-state index is 11.6. The van der Waals surface area contributed by atoms with Gasteiger partial charge in [-0.05, 0) is 0 Å². The SMILES string of the molecule is COC(=O)/C=C/C(=O)NC[C@H](N)C(=O)OCC(=O)C(C)(C)C.Cl. The zero-order valence-corrected chi connectivity index (χ0v) is 14.4. The topological polar surface area (TPSA) is 125 Å². The first-order valence-electron chi connectivity index (χ1n) is 6.57. The maximum absolute atomic E-state index is 11.6. The average Bonchev–Trinajstić information content (AvgIpc) is 2.45. The molecule has 9 heteroatoms. The molecule has 0 aromatic heterocycles. The zero-order chi connectivity index (χ0) is 17.3. The Labute approximate surface area is 141 Å². The summed E-state index contributed by atoms with van der Waals surface area (Å²) in [6.45, 7) is 4.56. The van der Waals surface area contributed by atoms with Gasteiger partial charge in [0.2, 0.25) is 5.91 Å². The molecule has 0 saturated carbocycles. The van der Waals surface area contributed by atoms with Crippen LogP contribution in [0.1, 0.15) is 20.8 Å². The van der Waals surface area contributed by atoms with Gasteiger partial charge in [-0.15, -0.1) is 12.4 Å². The Bertz CT molecular complexity index is 470. The first-order valence-corrected chi connectivity index (χ1v) is 6.57. The van der Waals surface area contributed by atoms with Crippen molar-refractivity contribution >= 4 is 36.0 Å². The van der Waals surface area contributed by atoms with Crippen LogP contribution in [-0.4, -0.2) is 49.9 Å². The van der Waals surface area contributed by atoms with Crippen LogP contribution < -0.4 is 11.1 Å². The molecule has 0 saturated heterocycles. The van der Waals surface area contributed by atoms with E-state index in [9.17, 15) is 19.2 Å². The molecule has 0 aromatic carbocycles.